The average molecular weight is 509 g/mol. The lowest BCUT2D eigenvalue weighted by molar-refractivity contribution is 0.0263. The molecule has 158 valence electrons. The summed E-state index contributed by atoms with van der Waals surface area (Å²) in [7, 11) is 1.84. The van der Waals surface area contributed by atoms with Crippen LogP contribution in [0.15, 0.2) is 59.6 Å². The summed E-state index contributed by atoms with van der Waals surface area (Å²) in [6.45, 7) is 6.09. The van der Waals surface area contributed by atoms with Crippen LogP contribution in [0.5, 0.6) is 5.75 Å². The fraction of sp³-hybridized carbons (Fsp3) is 0.435. The molecular weight excluding hydrogens is 477 g/mol. The first-order valence-electron chi connectivity index (χ1n) is 10.2. The molecule has 0 radical (unpaired) electrons. The highest BCUT2D eigenvalue weighted by atomic mass is 127. The van der Waals surface area contributed by atoms with Crippen LogP contribution in [-0.2, 0) is 4.74 Å². The Bertz CT molecular complexity index is 747. The second kappa shape index (κ2) is 12.7. The zero-order valence-corrected chi connectivity index (χ0v) is 19.7. The smallest absolute Gasteiger partial charge is 0.193 e. The first-order valence-corrected chi connectivity index (χ1v) is 10.2. The predicted molar refractivity (Wildman–Crippen MR) is 130 cm³/mol. The molecule has 2 aromatic rings. The van der Waals surface area contributed by atoms with E-state index in [4.69, 9.17) is 9.47 Å². The SMILES string of the molecule is CCOC1CCN(C(=NC)NCCOc2ccccc2-c2ccccc2)CC1.I. The summed E-state index contributed by atoms with van der Waals surface area (Å²) in [4.78, 5) is 6.73. The van der Waals surface area contributed by atoms with Crippen molar-refractivity contribution in [3.8, 4) is 16.9 Å². The van der Waals surface area contributed by atoms with Crippen molar-refractivity contribution >= 4 is 29.9 Å². The zero-order valence-electron chi connectivity index (χ0n) is 17.3. The molecule has 3 rings (SSSR count). The third-order valence-electron chi connectivity index (χ3n) is 4.97. The highest BCUT2D eigenvalue weighted by Crippen LogP contribution is 2.29. The van der Waals surface area contributed by atoms with Gasteiger partial charge >= 0.3 is 0 Å². The van der Waals surface area contributed by atoms with E-state index >= 15 is 0 Å². The summed E-state index contributed by atoms with van der Waals surface area (Å²) in [5.74, 6) is 1.85. The van der Waals surface area contributed by atoms with Crippen LogP contribution in [0.4, 0.5) is 0 Å². The van der Waals surface area contributed by atoms with Crippen LogP contribution in [0, 0.1) is 0 Å². The summed E-state index contributed by atoms with van der Waals surface area (Å²) in [5, 5.41) is 3.43. The second-order valence-corrected chi connectivity index (χ2v) is 6.83. The van der Waals surface area contributed by atoms with Gasteiger partial charge in [0.15, 0.2) is 5.96 Å². The second-order valence-electron chi connectivity index (χ2n) is 6.83. The van der Waals surface area contributed by atoms with Gasteiger partial charge in [0.2, 0.25) is 0 Å². The highest BCUT2D eigenvalue weighted by Gasteiger charge is 2.21. The van der Waals surface area contributed by atoms with Crippen molar-refractivity contribution in [1.29, 1.82) is 0 Å². The molecule has 1 saturated heterocycles. The molecule has 29 heavy (non-hydrogen) atoms. The topological polar surface area (TPSA) is 46.1 Å². The monoisotopic (exact) mass is 509 g/mol. The molecule has 0 aromatic heterocycles. The fourth-order valence-corrected chi connectivity index (χ4v) is 3.57. The number of likely N-dealkylation sites (tertiary alicyclic amines) is 1. The number of nitrogens with one attached hydrogen (secondary N) is 1. The zero-order chi connectivity index (χ0) is 19.6. The molecule has 1 N–H and O–H groups in total. The van der Waals surface area contributed by atoms with E-state index in [0.717, 1.165) is 49.8 Å². The van der Waals surface area contributed by atoms with Crippen molar-refractivity contribution < 1.29 is 9.47 Å². The Morgan fingerprint density at radius 1 is 1.07 bits per heavy atom. The van der Waals surface area contributed by atoms with Crippen LogP contribution in [-0.4, -0.2) is 56.9 Å². The number of benzene rings is 2. The summed E-state index contributed by atoms with van der Waals surface area (Å²) in [5.41, 5.74) is 2.28. The Morgan fingerprint density at radius 2 is 1.76 bits per heavy atom. The molecule has 0 unspecified atom stereocenters. The van der Waals surface area contributed by atoms with Gasteiger partial charge in [-0.25, -0.2) is 0 Å². The van der Waals surface area contributed by atoms with Crippen LogP contribution in [0.2, 0.25) is 0 Å². The number of halogens is 1. The van der Waals surface area contributed by atoms with Crippen molar-refractivity contribution in [2.45, 2.75) is 25.9 Å². The number of piperidine rings is 1. The molecule has 0 amide bonds. The summed E-state index contributed by atoms with van der Waals surface area (Å²) in [6.07, 6.45) is 2.49. The van der Waals surface area contributed by atoms with E-state index in [1.165, 1.54) is 5.56 Å². The van der Waals surface area contributed by atoms with Crippen LogP contribution in [0.25, 0.3) is 11.1 Å². The van der Waals surface area contributed by atoms with E-state index in [-0.39, 0.29) is 24.0 Å². The molecule has 0 aliphatic carbocycles. The van der Waals surface area contributed by atoms with E-state index in [1.54, 1.807) is 0 Å². The van der Waals surface area contributed by atoms with Gasteiger partial charge in [0, 0.05) is 32.3 Å². The quantitative estimate of drug-likeness (QED) is 0.260. The van der Waals surface area contributed by atoms with E-state index in [0.29, 0.717) is 19.3 Å². The van der Waals surface area contributed by atoms with Crippen LogP contribution in [0.3, 0.4) is 0 Å². The molecule has 1 aliphatic heterocycles. The van der Waals surface area contributed by atoms with Gasteiger partial charge in [0.1, 0.15) is 12.4 Å². The lowest BCUT2D eigenvalue weighted by atomic mass is 10.1. The highest BCUT2D eigenvalue weighted by molar-refractivity contribution is 14.0. The largest absolute Gasteiger partial charge is 0.491 e. The lowest BCUT2D eigenvalue weighted by Gasteiger charge is -2.34. The molecule has 1 fully saturated rings. The van der Waals surface area contributed by atoms with Gasteiger partial charge in [-0.05, 0) is 31.4 Å². The maximum atomic E-state index is 6.07. The lowest BCUT2D eigenvalue weighted by Crippen LogP contribution is -2.47. The summed E-state index contributed by atoms with van der Waals surface area (Å²) >= 11 is 0. The molecule has 0 saturated carbocycles. The fourth-order valence-electron chi connectivity index (χ4n) is 3.57. The standard InChI is InChI=1S/C23H31N3O2.HI/c1-3-27-20-13-16-26(17-14-20)23(24-2)25-15-18-28-22-12-8-7-11-21(22)19-9-5-4-6-10-19;/h4-12,20H,3,13-18H2,1-2H3,(H,24,25);1H. The number of hydrogen-bond acceptors (Lipinski definition) is 3. The van der Waals surface area contributed by atoms with E-state index < -0.39 is 0 Å². The molecule has 5 nitrogen and oxygen atoms in total. The maximum absolute atomic E-state index is 6.07. The Kier molecular flexibility index (Phi) is 10.3. The van der Waals surface area contributed by atoms with Crippen LogP contribution < -0.4 is 10.1 Å². The van der Waals surface area contributed by atoms with Crippen LogP contribution in [0.1, 0.15) is 19.8 Å². The molecule has 0 atom stereocenters. The first-order chi connectivity index (χ1) is 13.8. The van der Waals surface area contributed by atoms with E-state index in [2.05, 4.69) is 40.3 Å². The number of hydrogen-bond donors (Lipinski definition) is 1. The minimum Gasteiger partial charge on any atom is -0.491 e. The number of guanidine groups is 1. The molecule has 0 spiro atoms. The van der Waals surface area contributed by atoms with Gasteiger partial charge in [0.25, 0.3) is 0 Å². The number of nitrogens with zero attached hydrogens (tertiary/aromatic N) is 2. The van der Waals surface area contributed by atoms with Crippen LogP contribution >= 0.6 is 24.0 Å². The van der Waals surface area contributed by atoms with Gasteiger partial charge in [-0.1, -0.05) is 48.5 Å². The first kappa shape index (κ1) is 23.5. The third-order valence-corrected chi connectivity index (χ3v) is 4.97. The minimum atomic E-state index is 0. The minimum absolute atomic E-state index is 0. The maximum Gasteiger partial charge on any atom is 0.193 e. The average Bonchev–Trinajstić information content (AvgIpc) is 2.76. The summed E-state index contributed by atoms with van der Waals surface area (Å²) < 4.78 is 11.8. The van der Waals surface area contributed by atoms with Gasteiger partial charge < -0.3 is 19.7 Å². The predicted octanol–water partition coefficient (Wildman–Crippen LogP) is 4.43. The Balaban J connectivity index is 0.00000300. The van der Waals surface area contributed by atoms with Gasteiger partial charge in [-0.2, -0.15) is 0 Å². The van der Waals surface area contributed by atoms with E-state index in [1.807, 2.05) is 43.4 Å². The summed E-state index contributed by atoms with van der Waals surface area (Å²) in [6, 6.07) is 18.5. The normalized spacial score (nSPS) is 15.0. The van der Waals surface area contributed by atoms with E-state index in [9.17, 15) is 0 Å². The van der Waals surface area contributed by atoms with Gasteiger partial charge in [0.05, 0.1) is 12.6 Å². The van der Waals surface area contributed by atoms with Crippen molar-refractivity contribution in [2.24, 2.45) is 4.99 Å². The number of rotatable bonds is 7. The molecular formula is C23H32IN3O2. The molecule has 1 aliphatic rings. The Morgan fingerprint density at radius 3 is 2.45 bits per heavy atom. The molecule has 2 aromatic carbocycles. The molecule has 0 bridgehead atoms. The third kappa shape index (κ3) is 6.89. The number of aliphatic imine (C=N–C) groups is 1. The van der Waals surface area contributed by atoms with Gasteiger partial charge in [-0.15, -0.1) is 24.0 Å². The number of ether oxygens (including phenoxy) is 2. The van der Waals surface area contributed by atoms with Gasteiger partial charge in [-0.3, -0.25) is 4.99 Å². The Labute approximate surface area is 191 Å². The number of para-hydroxylation sites is 1. The van der Waals surface area contributed by atoms with Crippen molar-refractivity contribution in [2.75, 3.05) is 39.9 Å². The van der Waals surface area contributed by atoms with Crippen molar-refractivity contribution in [3.63, 3.8) is 0 Å². The Hall–Kier alpha value is -1.80. The molecule has 1 heterocycles. The van der Waals surface area contributed by atoms with Crippen molar-refractivity contribution in [1.82, 2.24) is 10.2 Å². The molecule has 6 heteroatoms. The van der Waals surface area contributed by atoms with Crippen molar-refractivity contribution in [3.05, 3.63) is 54.6 Å².